The zero-order chi connectivity index (χ0) is 29.1. The highest BCUT2D eigenvalue weighted by Gasteiger charge is 2.41. The lowest BCUT2D eigenvalue weighted by atomic mass is 9.91. The third-order valence-corrected chi connectivity index (χ3v) is 8.21. The van der Waals surface area contributed by atoms with E-state index in [2.05, 4.69) is 132 Å². The number of benzene rings is 3. The SMILES string of the molecule is CC(Cc1ccccc1)=C(O)C1=[N+](c2c(C(C)C)cccc2C(C)C)CCN1c1c(C(C)C)cccc1C(C)C. The molecule has 4 rings (SSSR count). The molecule has 0 radical (unpaired) electrons. The lowest BCUT2D eigenvalue weighted by Gasteiger charge is -2.24. The average Bonchev–Trinajstić information content (AvgIpc) is 3.36. The highest BCUT2D eigenvalue weighted by Crippen LogP contribution is 2.41. The van der Waals surface area contributed by atoms with E-state index in [1.165, 1.54) is 39.2 Å². The minimum Gasteiger partial charge on any atom is -0.501 e. The van der Waals surface area contributed by atoms with E-state index >= 15 is 0 Å². The van der Waals surface area contributed by atoms with E-state index in [9.17, 15) is 5.11 Å². The Kier molecular flexibility index (Phi) is 9.23. The second-order valence-electron chi connectivity index (χ2n) is 12.6. The molecule has 0 saturated heterocycles. The van der Waals surface area contributed by atoms with Crippen LogP contribution >= 0.6 is 0 Å². The fourth-order valence-corrected chi connectivity index (χ4v) is 6.07. The van der Waals surface area contributed by atoms with Gasteiger partial charge in [-0.25, -0.2) is 9.48 Å². The smallest absolute Gasteiger partial charge is 0.325 e. The molecular weight excluding hydrogens is 488 g/mol. The number of allylic oxidation sites excluding steroid dienone is 1. The predicted octanol–water partition coefficient (Wildman–Crippen LogP) is 9.82. The van der Waals surface area contributed by atoms with Crippen molar-refractivity contribution >= 4 is 17.2 Å². The normalized spacial score (nSPS) is 14.8. The summed E-state index contributed by atoms with van der Waals surface area (Å²) in [7, 11) is 0. The van der Waals surface area contributed by atoms with Gasteiger partial charge in [-0.3, -0.25) is 0 Å². The number of para-hydroxylation sites is 2. The van der Waals surface area contributed by atoms with Crippen LogP contribution in [0.2, 0.25) is 0 Å². The second kappa shape index (κ2) is 12.5. The largest absolute Gasteiger partial charge is 0.501 e. The Morgan fingerprint density at radius 2 is 1.18 bits per heavy atom. The van der Waals surface area contributed by atoms with Gasteiger partial charge < -0.3 is 5.11 Å². The van der Waals surface area contributed by atoms with Gasteiger partial charge in [-0.2, -0.15) is 0 Å². The Labute approximate surface area is 242 Å². The minimum absolute atomic E-state index is 0.370. The van der Waals surface area contributed by atoms with Crippen molar-refractivity contribution in [1.82, 2.24) is 0 Å². The molecule has 1 N–H and O–H groups in total. The van der Waals surface area contributed by atoms with Gasteiger partial charge in [-0.1, -0.05) is 122 Å². The van der Waals surface area contributed by atoms with Crippen molar-refractivity contribution < 1.29 is 9.68 Å². The molecule has 3 aromatic carbocycles. The number of hydrogen-bond acceptors (Lipinski definition) is 2. The summed E-state index contributed by atoms with van der Waals surface area (Å²) in [6.07, 6.45) is 0.712. The molecular formula is C37H49N2O+. The molecule has 3 nitrogen and oxygen atoms in total. The number of anilines is 1. The number of hydrogen-bond donors (Lipinski definition) is 1. The van der Waals surface area contributed by atoms with Crippen LogP contribution in [0.1, 0.15) is 114 Å². The molecule has 0 bridgehead atoms. The van der Waals surface area contributed by atoms with Crippen LogP contribution in [-0.2, 0) is 6.42 Å². The Morgan fingerprint density at radius 3 is 1.65 bits per heavy atom. The molecule has 1 aliphatic rings. The number of rotatable bonds is 9. The van der Waals surface area contributed by atoms with Crippen molar-refractivity contribution in [2.24, 2.45) is 0 Å². The molecule has 212 valence electrons. The maximum Gasteiger partial charge on any atom is 0.325 e. The maximum absolute atomic E-state index is 12.2. The van der Waals surface area contributed by atoms with E-state index in [4.69, 9.17) is 0 Å². The van der Waals surface area contributed by atoms with E-state index in [-0.39, 0.29) is 0 Å². The first-order chi connectivity index (χ1) is 19.0. The molecule has 40 heavy (non-hydrogen) atoms. The predicted molar refractivity (Wildman–Crippen MR) is 172 cm³/mol. The molecule has 0 amide bonds. The van der Waals surface area contributed by atoms with Crippen molar-refractivity contribution in [1.29, 1.82) is 0 Å². The summed E-state index contributed by atoms with van der Waals surface area (Å²) in [5.74, 6) is 2.79. The monoisotopic (exact) mass is 537 g/mol. The fourth-order valence-electron chi connectivity index (χ4n) is 6.07. The number of amidine groups is 1. The van der Waals surface area contributed by atoms with E-state index < -0.39 is 0 Å². The Morgan fingerprint density at radius 1 is 0.700 bits per heavy atom. The summed E-state index contributed by atoms with van der Waals surface area (Å²) in [6.45, 7) is 21.9. The summed E-state index contributed by atoms with van der Waals surface area (Å²) in [5.41, 5.74) is 10.1. The third kappa shape index (κ3) is 5.89. The fraction of sp³-hybridized carbons (Fsp3) is 0.432. The van der Waals surface area contributed by atoms with Crippen LogP contribution in [0.15, 0.2) is 78.1 Å². The molecule has 3 heteroatoms. The molecule has 1 heterocycles. The minimum atomic E-state index is 0.370. The van der Waals surface area contributed by atoms with Crippen molar-refractivity contribution in [3.63, 3.8) is 0 Å². The Hall–Kier alpha value is -3.33. The first-order valence-corrected chi connectivity index (χ1v) is 15.1. The van der Waals surface area contributed by atoms with Gasteiger partial charge in [-0.15, -0.1) is 0 Å². The first kappa shape index (κ1) is 29.6. The standard InChI is InChI=1S/C37H48N2O/c1-24(2)30-17-13-18-31(25(3)4)34(30)38-21-22-39(35-32(26(5)6)19-14-20-33(35)27(7)8)37(38)36(40)28(9)23-29-15-11-10-12-16-29/h10-20,24-27H,21-23H2,1-9H3/p+1. The lowest BCUT2D eigenvalue weighted by Crippen LogP contribution is -2.33. The zero-order valence-electron chi connectivity index (χ0n) is 26.1. The van der Waals surface area contributed by atoms with E-state index in [1.54, 1.807) is 0 Å². The van der Waals surface area contributed by atoms with Crippen molar-refractivity contribution in [3.8, 4) is 0 Å². The van der Waals surface area contributed by atoms with Crippen LogP contribution in [-0.4, -0.2) is 28.6 Å². The average molecular weight is 538 g/mol. The van der Waals surface area contributed by atoms with Gasteiger partial charge in [0.25, 0.3) is 0 Å². The summed E-state index contributed by atoms with van der Waals surface area (Å²) in [5, 5.41) is 12.2. The Bertz CT molecular complexity index is 1340. The molecule has 0 atom stereocenters. The quantitative estimate of drug-likeness (QED) is 0.217. The molecule has 0 aromatic heterocycles. The number of aliphatic hydroxyl groups excluding tert-OH is 1. The van der Waals surface area contributed by atoms with Gasteiger partial charge in [0, 0.05) is 22.3 Å². The van der Waals surface area contributed by atoms with Crippen molar-refractivity contribution in [3.05, 3.63) is 106 Å². The van der Waals surface area contributed by atoms with Gasteiger partial charge in [0.15, 0.2) is 0 Å². The number of aliphatic hydroxyl groups is 1. The van der Waals surface area contributed by atoms with Gasteiger partial charge in [0.05, 0.1) is 0 Å². The molecule has 3 aromatic rings. The van der Waals surface area contributed by atoms with Crippen LogP contribution in [0, 0.1) is 0 Å². The zero-order valence-corrected chi connectivity index (χ0v) is 26.1. The number of nitrogens with zero attached hydrogens (tertiary/aromatic N) is 2. The molecule has 0 unspecified atom stereocenters. The highest BCUT2D eigenvalue weighted by molar-refractivity contribution is 6.07. The van der Waals surface area contributed by atoms with Gasteiger partial charge in [0.1, 0.15) is 24.5 Å². The van der Waals surface area contributed by atoms with Crippen LogP contribution < -0.4 is 4.90 Å². The van der Waals surface area contributed by atoms with Crippen LogP contribution in [0.25, 0.3) is 0 Å². The maximum atomic E-state index is 12.2. The van der Waals surface area contributed by atoms with Crippen LogP contribution in [0.3, 0.4) is 0 Å². The third-order valence-electron chi connectivity index (χ3n) is 8.21. The van der Waals surface area contributed by atoms with Crippen LogP contribution in [0.5, 0.6) is 0 Å². The highest BCUT2D eigenvalue weighted by atomic mass is 16.3. The van der Waals surface area contributed by atoms with E-state index in [0.717, 1.165) is 24.5 Å². The molecule has 0 saturated carbocycles. The van der Waals surface area contributed by atoms with Gasteiger partial charge in [-0.05, 0) is 48.2 Å². The molecule has 1 aliphatic heterocycles. The molecule has 0 fully saturated rings. The lowest BCUT2D eigenvalue weighted by molar-refractivity contribution is -0.430. The summed E-state index contributed by atoms with van der Waals surface area (Å²) in [6, 6.07) is 23.9. The van der Waals surface area contributed by atoms with E-state index in [0.29, 0.717) is 35.9 Å². The molecule has 0 spiro atoms. The molecule has 0 aliphatic carbocycles. The van der Waals surface area contributed by atoms with Gasteiger partial charge >= 0.3 is 5.84 Å². The topological polar surface area (TPSA) is 26.5 Å². The second-order valence-corrected chi connectivity index (χ2v) is 12.6. The van der Waals surface area contributed by atoms with Crippen LogP contribution in [0.4, 0.5) is 11.4 Å². The van der Waals surface area contributed by atoms with Gasteiger partial charge in [0.2, 0.25) is 5.76 Å². The summed E-state index contributed by atoms with van der Waals surface area (Å²) in [4.78, 5) is 2.43. The summed E-state index contributed by atoms with van der Waals surface area (Å²) >= 11 is 0. The van der Waals surface area contributed by atoms with Crippen molar-refractivity contribution in [2.45, 2.75) is 92.4 Å². The van der Waals surface area contributed by atoms with E-state index in [1.807, 2.05) is 6.07 Å². The van der Waals surface area contributed by atoms with Crippen molar-refractivity contribution in [2.75, 3.05) is 18.0 Å². The Balaban J connectivity index is 2.06. The summed E-state index contributed by atoms with van der Waals surface area (Å²) < 4.78 is 2.43. The first-order valence-electron chi connectivity index (χ1n) is 15.1.